The van der Waals surface area contributed by atoms with E-state index in [-0.39, 0.29) is 17.6 Å². The van der Waals surface area contributed by atoms with Crippen LogP contribution in [-0.4, -0.2) is 32.3 Å². The summed E-state index contributed by atoms with van der Waals surface area (Å²) in [6, 6.07) is 36.1. The summed E-state index contributed by atoms with van der Waals surface area (Å²) < 4.78 is 2.22. The van der Waals surface area contributed by atoms with Crippen LogP contribution >= 0.6 is 11.8 Å². The number of carbonyl (C=O) groups excluding carboxylic acids is 1. The van der Waals surface area contributed by atoms with Crippen molar-refractivity contribution in [3.8, 4) is 11.4 Å². The van der Waals surface area contributed by atoms with E-state index in [4.69, 9.17) is 10.2 Å². The van der Waals surface area contributed by atoms with Gasteiger partial charge in [0.1, 0.15) is 11.6 Å². The van der Waals surface area contributed by atoms with Gasteiger partial charge in [-0.2, -0.15) is 0 Å². The highest BCUT2D eigenvalue weighted by Gasteiger charge is 2.23. The third kappa shape index (κ3) is 7.68. The smallest absolute Gasteiger partial charge is 0.255 e. The molecule has 2 N–H and O–H groups in total. The van der Waals surface area contributed by atoms with Gasteiger partial charge >= 0.3 is 0 Å². The zero-order valence-electron chi connectivity index (χ0n) is 23.8. The van der Waals surface area contributed by atoms with Crippen LogP contribution in [-0.2, 0) is 12.2 Å². The largest absolute Gasteiger partial charge is 0.507 e. The number of aryl methyl sites for hydroxylation is 1. The summed E-state index contributed by atoms with van der Waals surface area (Å²) >= 11 is 1.70. The highest BCUT2D eigenvalue weighted by Crippen LogP contribution is 2.32. The average Bonchev–Trinajstić information content (AvgIpc) is 3.44. The van der Waals surface area contributed by atoms with Crippen LogP contribution in [0.4, 0.5) is 0 Å². The molecule has 0 saturated carbocycles. The molecular formula is C35H36N4O2S. The molecule has 42 heavy (non-hydrogen) atoms. The molecule has 0 fully saturated rings. The van der Waals surface area contributed by atoms with E-state index >= 15 is 0 Å². The number of aromatic hydroxyl groups is 1. The summed E-state index contributed by atoms with van der Waals surface area (Å²) in [6.45, 7) is 2.65. The lowest BCUT2D eigenvalue weighted by Crippen LogP contribution is -2.24. The highest BCUT2D eigenvalue weighted by molar-refractivity contribution is 7.98. The molecule has 1 heterocycles. The fourth-order valence-corrected chi connectivity index (χ4v) is 6.01. The lowest BCUT2D eigenvalue weighted by Gasteiger charge is -2.19. The van der Waals surface area contributed by atoms with Crippen molar-refractivity contribution in [3.63, 3.8) is 0 Å². The molecule has 1 aromatic heterocycles. The van der Waals surface area contributed by atoms with Gasteiger partial charge in [-0.3, -0.25) is 9.36 Å². The number of thioether (sulfide) groups is 1. The first kappa shape index (κ1) is 29.1. The normalized spacial score (nSPS) is 11.7. The van der Waals surface area contributed by atoms with Crippen LogP contribution < -0.4 is 5.32 Å². The first-order valence-corrected chi connectivity index (χ1v) is 15.4. The van der Waals surface area contributed by atoms with Crippen molar-refractivity contribution in [1.29, 1.82) is 0 Å². The minimum absolute atomic E-state index is 0.00533. The summed E-state index contributed by atoms with van der Waals surface area (Å²) in [5, 5.41) is 23.3. The van der Waals surface area contributed by atoms with Crippen LogP contribution in [0.3, 0.4) is 0 Å². The second-order valence-electron chi connectivity index (χ2n) is 10.4. The number of carbonyl (C=O) groups is 1. The molecule has 1 amide bonds. The predicted octanol–water partition coefficient (Wildman–Crippen LogP) is 7.50. The number of phenolic OH excluding ortho intramolecular Hbond substituents is 1. The number of nitrogens with one attached hydrogen (secondary N) is 1. The number of benzene rings is 4. The average molecular weight is 577 g/mol. The Balaban J connectivity index is 1.33. The number of nitrogens with zero attached hydrogens (tertiary/aromatic N) is 3. The van der Waals surface area contributed by atoms with Gasteiger partial charge in [0.05, 0.1) is 5.56 Å². The Bertz CT molecular complexity index is 1590. The van der Waals surface area contributed by atoms with E-state index in [0.29, 0.717) is 12.1 Å². The van der Waals surface area contributed by atoms with Crippen molar-refractivity contribution in [2.24, 2.45) is 0 Å². The van der Waals surface area contributed by atoms with Crippen LogP contribution in [0.15, 0.2) is 114 Å². The Labute approximate surface area is 251 Å². The summed E-state index contributed by atoms with van der Waals surface area (Å²) in [7, 11) is 0. The van der Waals surface area contributed by atoms with E-state index in [0.717, 1.165) is 48.1 Å². The van der Waals surface area contributed by atoms with Gasteiger partial charge < -0.3 is 10.4 Å². The molecule has 0 radical (unpaired) electrons. The molecule has 0 aliphatic rings. The fourth-order valence-electron chi connectivity index (χ4n) is 5.11. The molecule has 0 saturated heterocycles. The van der Waals surface area contributed by atoms with Crippen LogP contribution in [0.2, 0.25) is 0 Å². The zero-order valence-corrected chi connectivity index (χ0v) is 24.6. The zero-order chi connectivity index (χ0) is 29.1. The van der Waals surface area contributed by atoms with Gasteiger partial charge in [0, 0.05) is 23.9 Å². The molecule has 0 spiro atoms. The number of hydrogen-bond donors (Lipinski definition) is 2. The first-order chi connectivity index (χ1) is 20.6. The van der Waals surface area contributed by atoms with Crippen LogP contribution in [0.5, 0.6) is 5.75 Å². The van der Waals surface area contributed by atoms with Crippen LogP contribution in [0.1, 0.15) is 58.1 Å². The Morgan fingerprint density at radius 1 is 0.857 bits per heavy atom. The molecule has 0 bridgehead atoms. The quantitative estimate of drug-likeness (QED) is 0.112. The van der Waals surface area contributed by atoms with Gasteiger partial charge in [-0.25, -0.2) is 0 Å². The number of rotatable bonds is 13. The Kier molecular flexibility index (Phi) is 10.1. The van der Waals surface area contributed by atoms with Gasteiger partial charge in [0.25, 0.3) is 5.91 Å². The summed E-state index contributed by atoms with van der Waals surface area (Å²) in [4.78, 5) is 12.5. The lowest BCUT2D eigenvalue weighted by atomic mass is 9.93. The number of amides is 1. The first-order valence-electron chi connectivity index (χ1n) is 14.4. The Hall–Kier alpha value is -4.36. The number of aromatic nitrogens is 3. The van der Waals surface area contributed by atoms with Crippen molar-refractivity contribution < 1.29 is 9.90 Å². The number of para-hydroxylation sites is 2. The molecule has 1 atom stereocenters. The molecule has 5 aromatic rings. The topological polar surface area (TPSA) is 80.0 Å². The minimum Gasteiger partial charge on any atom is -0.507 e. The van der Waals surface area contributed by atoms with Crippen molar-refractivity contribution >= 4 is 17.7 Å². The van der Waals surface area contributed by atoms with Crippen molar-refractivity contribution in [1.82, 2.24) is 20.1 Å². The van der Waals surface area contributed by atoms with Gasteiger partial charge in [-0.05, 0) is 61.6 Å². The maximum absolute atomic E-state index is 12.5. The van der Waals surface area contributed by atoms with Crippen LogP contribution in [0.25, 0.3) is 5.69 Å². The molecular weight excluding hydrogens is 540 g/mol. The van der Waals surface area contributed by atoms with Gasteiger partial charge in [-0.15, -0.1) is 10.2 Å². The second kappa shape index (κ2) is 14.5. The monoisotopic (exact) mass is 576 g/mol. The van der Waals surface area contributed by atoms with Gasteiger partial charge in [0.15, 0.2) is 5.16 Å². The maximum Gasteiger partial charge on any atom is 0.255 e. The molecule has 214 valence electrons. The molecule has 5 rings (SSSR count). The number of hydrogen-bond acceptors (Lipinski definition) is 5. The second-order valence-corrected chi connectivity index (χ2v) is 11.4. The molecule has 0 aliphatic heterocycles. The summed E-state index contributed by atoms with van der Waals surface area (Å²) in [5.41, 5.74) is 5.11. The summed E-state index contributed by atoms with van der Waals surface area (Å²) in [6.07, 6.45) is 3.47. The molecule has 4 aromatic carbocycles. The van der Waals surface area contributed by atoms with E-state index < -0.39 is 0 Å². The number of unbranched alkanes of at least 4 members (excludes halogenated alkanes) is 1. The Morgan fingerprint density at radius 2 is 1.57 bits per heavy atom. The Morgan fingerprint density at radius 3 is 2.33 bits per heavy atom. The van der Waals surface area contributed by atoms with Crippen molar-refractivity contribution in [2.45, 2.75) is 49.4 Å². The van der Waals surface area contributed by atoms with E-state index in [2.05, 4.69) is 77.5 Å². The third-order valence-electron chi connectivity index (χ3n) is 7.23. The fraction of sp³-hybridized carbons (Fsp3) is 0.229. The molecule has 1 unspecified atom stereocenters. The van der Waals surface area contributed by atoms with Gasteiger partial charge in [-0.1, -0.05) is 109 Å². The van der Waals surface area contributed by atoms with E-state index in [1.54, 1.807) is 30.0 Å². The molecule has 7 heteroatoms. The van der Waals surface area contributed by atoms with E-state index in [1.165, 1.54) is 22.8 Å². The van der Waals surface area contributed by atoms with Gasteiger partial charge in [0.2, 0.25) is 0 Å². The van der Waals surface area contributed by atoms with E-state index in [1.807, 2.05) is 24.3 Å². The van der Waals surface area contributed by atoms with Crippen molar-refractivity contribution in [2.75, 3.05) is 6.54 Å². The minimum atomic E-state index is -0.256. The highest BCUT2D eigenvalue weighted by atomic mass is 32.2. The van der Waals surface area contributed by atoms with Crippen LogP contribution in [0, 0.1) is 6.92 Å². The molecule has 6 nitrogen and oxygen atoms in total. The SMILES string of the molecule is Cc1cccc(CSc2nnc(C(CCCCNC(=O)c3ccccc3O)Cc3ccccc3)n2-c2ccccc2)c1. The standard InChI is InChI=1S/C35H36N4O2S/c1-26-13-12-16-28(23-26)25-42-35-38-37-33(39(35)30-18-6-3-7-19-30)29(24-27-14-4-2-5-15-27)17-10-11-22-36-34(41)31-20-8-9-21-32(31)40/h2-9,12-16,18-21,23,29,40H,10-11,17,22,24-25H2,1H3,(H,36,41). The number of phenols is 1. The predicted molar refractivity (Wildman–Crippen MR) is 169 cm³/mol. The third-order valence-corrected chi connectivity index (χ3v) is 8.23. The van der Waals surface area contributed by atoms with E-state index in [9.17, 15) is 9.90 Å². The summed E-state index contributed by atoms with van der Waals surface area (Å²) in [5.74, 6) is 1.65. The van der Waals surface area contributed by atoms with Crippen molar-refractivity contribution in [3.05, 3.63) is 137 Å². The maximum atomic E-state index is 12.5. The molecule has 0 aliphatic carbocycles. The lowest BCUT2D eigenvalue weighted by molar-refractivity contribution is 0.0950.